The molecule has 2 fully saturated rings. The number of nitrogens with zero attached hydrogens (tertiary/aromatic N) is 1. The molecule has 1 heterocycles. The lowest BCUT2D eigenvalue weighted by Gasteiger charge is -2.20. The maximum Gasteiger partial charge on any atom is 0.345 e. The highest BCUT2D eigenvalue weighted by molar-refractivity contribution is 6.24. The number of carbonyl (C=O) groups is 3. The van der Waals surface area contributed by atoms with Gasteiger partial charge in [0.15, 0.2) is 0 Å². The van der Waals surface area contributed by atoms with Gasteiger partial charge in [-0.3, -0.25) is 9.59 Å². The van der Waals surface area contributed by atoms with Crippen molar-refractivity contribution in [3.63, 3.8) is 0 Å². The maximum absolute atomic E-state index is 13.2. The average Bonchev–Trinajstić information content (AvgIpc) is 3.47. The van der Waals surface area contributed by atoms with E-state index in [0.717, 1.165) is 17.2 Å². The Morgan fingerprint density at radius 3 is 2.19 bits per heavy atom. The number of hydrogen-bond donors (Lipinski definition) is 0. The molecule has 1 saturated carbocycles. The standard InChI is InChI=1S/C26H19NO4/c28-24-22-17-9-10-18(13-17)23(22)25(29)27(24)21-8-4-3-7-20(21)26(30)31-19-12-11-15-5-1-2-6-16(15)14-19/h1-12,14,17-18,22-23H,13H2/t17-,18-,22+,23+/m0/s1. The molecule has 0 aromatic heterocycles. The second-order valence-electron chi connectivity index (χ2n) is 8.43. The average molecular weight is 409 g/mol. The summed E-state index contributed by atoms with van der Waals surface area (Å²) in [4.78, 5) is 40.6. The summed E-state index contributed by atoms with van der Waals surface area (Å²) in [6.45, 7) is 0. The van der Waals surface area contributed by atoms with Crippen LogP contribution < -0.4 is 9.64 Å². The van der Waals surface area contributed by atoms with Crippen LogP contribution in [-0.4, -0.2) is 17.8 Å². The Hall–Kier alpha value is -3.73. The first-order valence-corrected chi connectivity index (χ1v) is 10.5. The van der Waals surface area contributed by atoms with Gasteiger partial charge in [0, 0.05) is 0 Å². The second-order valence-corrected chi connectivity index (χ2v) is 8.43. The van der Waals surface area contributed by atoms with Gasteiger partial charge in [-0.2, -0.15) is 0 Å². The first-order valence-electron chi connectivity index (χ1n) is 10.5. The lowest BCUT2D eigenvalue weighted by atomic mass is 9.85. The highest BCUT2D eigenvalue weighted by Gasteiger charge is 2.59. The molecular formula is C26H19NO4. The van der Waals surface area contributed by atoms with Crippen molar-refractivity contribution >= 4 is 34.2 Å². The SMILES string of the molecule is O=C(Oc1ccc2ccccc2c1)c1ccccc1N1C(=O)[C@H]2[C@H](C1=O)[C@H]1C=C[C@H]2C1. The van der Waals surface area contributed by atoms with Crippen molar-refractivity contribution in [3.8, 4) is 5.75 Å². The number of anilines is 1. The number of fused-ring (bicyclic) bond motifs is 6. The fourth-order valence-corrected chi connectivity index (χ4v) is 5.37. The molecule has 3 aromatic rings. The summed E-state index contributed by atoms with van der Waals surface area (Å²) >= 11 is 0. The van der Waals surface area contributed by atoms with E-state index in [0.29, 0.717) is 11.4 Å². The van der Waals surface area contributed by atoms with Gasteiger partial charge in [0.25, 0.3) is 0 Å². The summed E-state index contributed by atoms with van der Waals surface area (Å²) in [5.41, 5.74) is 0.509. The number of esters is 1. The number of benzene rings is 3. The predicted molar refractivity (Wildman–Crippen MR) is 116 cm³/mol. The molecule has 5 heteroatoms. The van der Waals surface area contributed by atoms with Gasteiger partial charge in [-0.15, -0.1) is 0 Å². The van der Waals surface area contributed by atoms with E-state index < -0.39 is 5.97 Å². The third-order valence-corrected chi connectivity index (χ3v) is 6.77. The van der Waals surface area contributed by atoms with Crippen LogP contribution in [-0.2, 0) is 9.59 Å². The van der Waals surface area contributed by atoms with Crippen molar-refractivity contribution in [1.82, 2.24) is 0 Å². The van der Waals surface area contributed by atoms with E-state index in [-0.39, 0.29) is 41.0 Å². The van der Waals surface area contributed by atoms with Gasteiger partial charge in [0.2, 0.25) is 11.8 Å². The number of hydrogen-bond acceptors (Lipinski definition) is 4. The number of rotatable bonds is 3. The molecule has 2 amide bonds. The first kappa shape index (κ1) is 18.1. The lowest BCUT2D eigenvalue weighted by molar-refractivity contribution is -0.123. The van der Waals surface area contributed by atoms with E-state index in [1.54, 1.807) is 36.4 Å². The molecule has 0 N–H and O–H groups in total. The minimum atomic E-state index is -0.593. The van der Waals surface area contributed by atoms with Gasteiger partial charge in [-0.05, 0) is 53.3 Å². The van der Waals surface area contributed by atoms with Gasteiger partial charge < -0.3 is 4.74 Å². The lowest BCUT2D eigenvalue weighted by Crippen LogP contribution is -2.34. The zero-order valence-corrected chi connectivity index (χ0v) is 16.6. The number of amides is 2. The summed E-state index contributed by atoms with van der Waals surface area (Å²) in [6.07, 6.45) is 4.98. The van der Waals surface area contributed by atoms with Gasteiger partial charge in [0.05, 0.1) is 23.1 Å². The summed E-state index contributed by atoms with van der Waals surface area (Å²) in [5, 5.41) is 2.01. The van der Waals surface area contributed by atoms with Gasteiger partial charge >= 0.3 is 5.97 Å². The Kier molecular flexibility index (Phi) is 3.87. The first-order chi connectivity index (χ1) is 15.1. The van der Waals surface area contributed by atoms with E-state index in [9.17, 15) is 14.4 Å². The van der Waals surface area contributed by atoms with Crippen LogP contribution in [0.15, 0.2) is 78.9 Å². The fraction of sp³-hybridized carbons (Fsp3) is 0.192. The molecular weight excluding hydrogens is 390 g/mol. The van der Waals surface area contributed by atoms with Crippen molar-refractivity contribution in [1.29, 1.82) is 0 Å². The van der Waals surface area contributed by atoms with Crippen LogP contribution in [0.3, 0.4) is 0 Å². The summed E-state index contributed by atoms with van der Waals surface area (Å²) in [7, 11) is 0. The van der Waals surface area contributed by atoms with Crippen LogP contribution in [0, 0.1) is 23.7 Å². The Bertz CT molecular complexity index is 1260. The molecule has 1 aliphatic heterocycles. The van der Waals surface area contributed by atoms with E-state index in [4.69, 9.17) is 4.74 Å². The minimum absolute atomic E-state index is 0.119. The maximum atomic E-state index is 13.2. The van der Waals surface area contributed by atoms with Crippen molar-refractivity contribution in [2.75, 3.05) is 4.90 Å². The van der Waals surface area contributed by atoms with Crippen molar-refractivity contribution in [2.24, 2.45) is 23.7 Å². The van der Waals surface area contributed by atoms with Crippen LogP contribution in [0.1, 0.15) is 16.8 Å². The van der Waals surface area contributed by atoms with Gasteiger partial charge in [0.1, 0.15) is 5.75 Å². The van der Waals surface area contributed by atoms with Crippen molar-refractivity contribution in [2.45, 2.75) is 6.42 Å². The highest BCUT2D eigenvalue weighted by atomic mass is 16.5. The molecule has 0 radical (unpaired) electrons. The molecule has 5 nitrogen and oxygen atoms in total. The number of allylic oxidation sites excluding steroid dienone is 2. The normalized spacial score (nSPS) is 26.0. The summed E-state index contributed by atoms with van der Waals surface area (Å²) < 4.78 is 5.63. The summed E-state index contributed by atoms with van der Waals surface area (Å²) in [5.74, 6) is -0.989. The third-order valence-electron chi connectivity index (χ3n) is 6.77. The number of carbonyl (C=O) groups excluding carboxylic acids is 3. The molecule has 31 heavy (non-hydrogen) atoms. The van der Waals surface area contributed by atoms with Crippen molar-refractivity contribution < 1.29 is 19.1 Å². The van der Waals surface area contributed by atoms with Crippen LogP contribution in [0.5, 0.6) is 5.75 Å². The van der Waals surface area contributed by atoms with Gasteiger partial charge in [-0.1, -0.05) is 54.6 Å². The largest absolute Gasteiger partial charge is 0.423 e. The molecule has 1 saturated heterocycles. The summed E-state index contributed by atoms with van der Waals surface area (Å²) in [6, 6.07) is 19.9. The quantitative estimate of drug-likeness (QED) is 0.279. The van der Waals surface area contributed by atoms with E-state index in [1.165, 1.54) is 4.90 Å². The van der Waals surface area contributed by atoms with Crippen LogP contribution in [0.25, 0.3) is 10.8 Å². The molecule has 2 aliphatic carbocycles. The molecule has 3 aliphatic rings. The molecule has 4 atom stereocenters. The minimum Gasteiger partial charge on any atom is -0.423 e. The van der Waals surface area contributed by atoms with Crippen LogP contribution in [0.2, 0.25) is 0 Å². The zero-order valence-electron chi connectivity index (χ0n) is 16.6. The molecule has 152 valence electrons. The molecule has 3 aromatic carbocycles. The molecule has 0 unspecified atom stereocenters. The fourth-order valence-electron chi connectivity index (χ4n) is 5.37. The molecule has 6 rings (SSSR count). The number of ether oxygens (including phenoxy) is 1. The smallest absolute Gasteiger partial charge is 0.345 e. The second kappa shape index (κ2) is 6.64. The Morgan fingerprint density at radius 1 is 0.806 bits per heavy atom. The van der Waals surface area contributed by atoms with Crippen LogP contribution >= 0.6 is 0 Å². The van der Waals surface area contributed by atoms with Gasteiger partial charge in [-0.25, -0.2) is 9.69 Å². The molecule has 0 spiro atoms. The Morgan fingerprint density at radius 2 is 1.45 bits per heavy atom. The molecule has 2 bridgehead atoms. The highest BCUT2D eigenvalue weighted by Crippen LogP contribution is 2.53. The van der Waals surface area contributed by atoms with Crippen molar-refractivity contribution in [3.05, 3.63) is 84.4 Å². The monoisotopic (exact) mass is 409 g/mol. The van der Waals surface area contributed by atoms with Crippen LogP contribution in [0.4, 0.5) is 5.69 Å². The zero-order chi connectivity index (χ0) is 21.1. The Balaban J connectivity index is 1.33. The Labute approximate surface area is 178 Å². The topological polar surface area (TPSA) is 63.7 Å². The number of imide groups is 1. The van der Waals surface area contributed by atoms with E-state index in [2.05, 4.69) is 12.2 Å². The van der Waals surface area contributed by atoms with E-state index >= 15 is 0 Å². The predicted octanol–water partition coefficient (Wildman–Crippen LogP) is 4.37. The third kappa shape index (κ3) is 2.66. The number of para-hydroxylation sites is 1. The van der Waals surface area contributed by atoms with E-state index in [1.807, 2.05) is 30.3 Å².